The van der Waals surface area contributed by atoms with Gasteiger partial charge in [0.05, 0.1) is 0 Å². The molecule has 0 saturated carbocycles. The topological polar surface area (TPSA) is 80.9 Å². The summed E-state index contributed by atoms with van der Waals surface area (Å²) < 4.78 is 0. The van der Waals surface area contributed by atoms with E-state index in [0.717, 1.165) is 0 Å². The standard InChI is InChI=1S/C14H14O4S2/c15-7-1-3-9(11(17)5-7)13(19)14(20)10-4-2-8(16)6-12(10)18/h1-6,13-20H. The monoisotopic (exact) mass is 310 g/mol. The summed E-state index contributed by atoms with van der Waals surface area (Å²) in [5, 5.41) is 37.2. The molecule has 6 heteroatoms. The Labute approximate surface area is 127 Å². The van der Waals surface area contributed by atoms with E-state index < -0.39 is 10.5 Å². The van der Waals surface area contributed by atoms with Crippen LogP contribution >= 0.6 is 25.3 Å². The Bertz CT molecular complexity index is 575. The molecular formula is C14H14O4S2. The number of thiol groups is 2. The molecule has 0 aliphatic heterocycles. The molecule has 20 heavy (non-hydrogen) atoms. The van der Waals surface area contributed by atoms with Crippen molar-refractivity contribution < 1.29 is 20.4 Å². The van der Waals surface area contributed by atoms with Crippen molar-refractivity contribution in [3.63, 3.8) is 0 Å². The van der Waals surface area contributed by atoms with Crippen molar-refractivity contribution in [2.24, 2.45) is 0 Å². The van der Waals surface area contributed by atoms with Crippen LogP contribution in [0.4, 0.5) is 0 Å². The van der Waals surface area contributed by atoms with E-state index in [0.29, 0.717) is 11.1 Å². The van der Waals surface area contributed by atoms with Gasteiger partial charge in [0.25, 0.3) is 0 Å². The number of phenolic OH excluding ortho intramolecular Hbond substituents is 4. The highest BCUT2D eigenvalue weighted by Crippen LogP contribution is 2.45. The van der Waals surface area contributed by atoms with Gasteiger partial charge in [0, 0.05) is 33.8 Å². The Kier molecular flexibility index (Phi) is 4.25. The lowest BCUT2D eigenvalue weighted by Gasteiger charge is -2.21. The number of phenols is 4. The van der Waals surface area contributed by atoms with Crippen molar-refractivity contribution in [2.45, 2.75) is 10.5 Å². The van der Waals surface area contributed by atoms with Gasteiger partial charge in [0.1, 0.15) is 23.0 Å². The summed E-state index contributed by atoms with van der Waals surface area (Å²) in [6.45, 7) is 0. The summed E-state index contributed by atoms with van der Waals surface area (Å²) in [6, 6.07) is 8.41. The van der Waals surface area contributed by atoms with Gasteiger partial charge in [-0.1, -0.05) is 12.1 Å². The molecule has 2 atom stereocenters. The first-order chi connectivity index (χ1) is 9.40. The van der Waals surface area contributed by atoms with Gasteiger partial charge >= 0.3 is 0 Å². The second kappa shape index (κ2) is 5.76. The lowest BCUT2D eigenvalue weighted by atomic mass is 10.0. The molecule has 0 spiro atoms. The molecule has 0 saturated heterocycles. The first kappa shape index (κ1) is 14.7. The van der Waals surface area contributed by atoms with E-state index in [1.54, 1.807) is 12.1 Å². The predicted molar refractivity (Wildman–Crippen MR) is 83.0 cm³/mol. The number of rotatable bonds is 3. The van der Waals surface area contributed by atoms with Crippen LogP contribution in [0.1, 0.15) is 21.6 Å². The molecule has 0 amide bonds. The highest BCUT2D eigenvalue weighted by molar-refractivity contribution is 7.84. The smallest absolute Gasteiger partial charge is 0.123 e. The van der Waals surface area contributed by atoms with Crippen molar-refractivity contribution in [2.75, 3.05) is 0 Å². The maximum absolute atomic E-state index is 9.83. The zero-order valence-corrected chi connectivity index (χ0v) is 12.1. The highest BCUT2D eigenvalue weighted by Gasteiger charge is 2.23. The molecule has 0 aliphatic carbocycles. The molecule has 0 aromatic heterocycles. The molecule has 0 radical (unpaired) electrons. The fraction of sp³-hybridized carbons (Fsp3) is 0.143. The maximum Gasteiger partial charge on any atom is 0.123 e. The number of hydrogen-bond acceptors (Lipinski definition) is 6. The van der Waals surface area contributed by atoms with E-state index in [-0.39, 0.29) is 23.0 Å². The second-order valence-corrected chi connectivity index (χ2v) is 5.49. The molecular weight excluding hydrogens is 296 g/mol. The van der Waals surface area contributed by atoms with Crippen LogP contribution in [0, 0.1) is 0 Å². The average molecular weight is 310 g/mol. The highest BCUT2D eigenvalue weighted by atomic mass is 32.1. The summed E-state index contributed by atoms with van der Waals surface area (Å²) in [4.78, 5) is 0. The molecule has 2 aromatic rings. The molecule has 106 valence electrons. The summed E-state index contributed by atoms with van der Waals surface area (Å²) >= 11 is 8.82. The van der Waals surface area contributed by atoms with Crippen LogP contribution in [-0.2, 0) is 0 Å². The number of benzene rings is 2. The van der Waals surface area contributed by atoms with Crippen LogP contribution in [0.25, 0.3) is 0 Å². The van der Waals surface area contributed by atoms with E-state index in [1.165, 1.54) is 24.3 Å². The zero-order valence-electron chi connectivity index (χ0n) is 10.3. The molecule has 4 N–H and O–H groups in total. The first-order valence-electron chi connectivity index (χ1n) is 5.80. The molecule has 0 aliphatic rings. The van der Waals surface area contributed by atoms with Crippen LogP contribution in [0.15, 0.2) is 36.4 Å². The van der Waals surface area contributed by atoms with E-state index in [2.05, 4.69) is 25.3 Å². The van der Waals surface area contributed by atoms with Crippen molar-refractivity contribution in [3.8, 4) is 23.0 Å². The van der Waals surface area contributed by atoms with E-state index in [4.69, 9.17) is 0 Å². The van der Waals surface area contributed by atoms with Crippen molar-refractivity contribution >= 4 is 25.3 Å². The zero-order chi connectivity index (χ0) is 14.9. The minimum Gasteiger partial charge on any atom is -0.508 e. The van der Waals surface area contributed by atoms with Gasteiger partial charge in [-0.05, 0) is 12.1 Å². The van der Waals surface area contributed by atoms with Crippen LogP contribution < -0.4 is 0 Å². The third-order valence-electron chi connectivity index (χ3n) is 2.96. The Hall–Kier alpha value is -1.66. The fourth-order valence-electron chi connectivity index (χ4n) is 1.90. The lowest BCUT2D eigenvalue weighted by molar-refractivity contribution is 0.440. The van der Waals surface area contributed by atoms with Gasteiger partial charge in [-0.15, -0.1) is 0 Å². The van der Waals surface area contributed by atoms with Crippen molar-refractivity contribution in [1.82, 2.24) is 0 Å². The van der Waals surface area contributed by atoms with Gasteiger partial charge in [-0.25, -0.2) is 0 Å². The van der Waals surface area contributed by atoms with E-state index >= 15 is 0 Å². The largest absolute Gasteiger partial charge is 0.508 e. The third kappa shape index (κ3) is 2.91. The second-order valence-electron chi connectivity index (χ2n) is 4.38. The molecule has 2 unspecified atom stereocenters. The van der Waals surface area contributed by atoms with Crippen LogP contribution in [-0.4, -0.2) is 20.4 Å². The quantitative estimate of drug-likeness (QED) is 0.492. The first-order valence-corrected chi connectivity index (χ1v) is 6.83. The Morgan fingerprint density at radius 2 is 1.00 bits per heavy atom. The van der Waals surface area contributed by atoms with E-state index in [9.17, 15) is 20.4 Å². The minimum absolute atomic E-state index is 0.0463. The molecule has 0 heterocycles. The maximum atomic E-state index is 9.83. The minimum atomic E-state index is -0.505. The molecule has 2 rings (SSSR count). The Balaban J connectivity index is 2.34. The van der Waals surface area contributed by atoms with Crippen LogP contribution in [0.2, 0.25) is 0 Å². The normalized spacial score (nSPS) is 13.9. The SMILES string of the molecule is Oc1ccc(C(S)C(S)c2ccc(O)cc2O)c(O)c1. The van der Waals surface area contributed by atoms with Crippen LogP contribution in [0.3, 0.4) is 0 Å². The molecule has 0 fully saturated rings. The fourth-order valence-corrected chi connectivity index (χ4v) is 2.66. The number of hydrogen-bond donors (Lipinski definition) is 6. The predicted octanol–water partition coefficient (Wildman–Crippen LogP) is 3.15. The van der Waals surface area contributed by atoms with Gasteiger partial charge in [0.2, 0.25) is 0 Å². The van der Waals surface area contributed by atoms with Crippen molar-refractivity contribution in [3.05, 3.63) is 47.5 Å². The summed E-state index contributed by atoms with van der Waals surface area (Å²) in [5.74, 6) is -0.283. The Morgan fingerprint density at radius 1 is 0.650 bits per heavy atom. The third-order valence-corrected chi connectivity index (χ3v) is 4.35. The van der Waals surface area contributed by atoms with E-state index in [1.807, 2.05) is 0 Å². The Morgan fingerprint density at radius 3 is 1.30 bits per heavy atom. The van der Waals surface area contributed by atoms with Gasteiger partial charge in [-0.2, -0.15) is 25.3 Å². The molecule has 2 aromatic carbocycles. The summed E-state index contributed by atoms with van der Waals surface area (Å²) in [6.07, 6.45) is 0. The number of aromatic hydroxyl groups is 4. The summed E-state index contributed by atoms with van der Waals surface area (Å²) in [7, 11) is 0. The van der Waals surface area contributed by atoms with Crippen molar-refractivity contribution in [1.29, 1.82) is 0 Å². The summed E-state index contributed by atoms with van der Waals surface area (Å²) in [5.41, 5.74) is 0.970. The van der Waals surface area contributed by atoms with Gasteiger partial charge < -0.3 is 20.4 Å². The van der Waals surface area contributed by atoms with Gasteiger partial charge in [-0.3, -0.25) is 0 Å². The lowest BCUT2D eigenvalue weighted by Crippen LogP contribution is -2.01. The van der Waals surface area contributed by atoms with Crippen LogP contribution in [0.5, 0.6) is 23.0 Å². The van der Waals surface area contributed by atoms with Gasteiger partial charge in [0.15, 0.2) is 0 Å². The molecule has 0 bridgehead atoms. The average Bonchev–Trinajstić information content (AvgIpc) is 2.37. The molecule has 4 nitrogen and oxygen atoms in total.